The number of carbonyl (C=O) groups excluding carboxylic acids is 3. The van der Waals surface area contributed by atoms with E-state index in [2.05, 4.69) is 5.32 Å². The van der Waals surface area contributed by atoms with Crippen LogP contribution in [0.15, 0.2) is 54.6 Å². The molecular weight excluding hydrogens is 400 g/mol. The molecule has 31 heavy (non-hydrogen) atoms. The summed E-state index contributed by atoms with van der Waals surface area (Å²) in [5.74, 6) is -2.59. The molecule has 2 N–H and O–H groups in total. The van der Waals surface area contributed by atoms with Crippen molar-refractivity contribution < 1.29 is 24.3 Å². The number of hydrazine groups is 1. The summed E-state index contributed by atoms with van der Waals surface area (Å²) in [6.07, 6.45) is -0.506. The monoisotopic (exact) mass is 420 g/mol. The van der Waals surface area contributed by atoms with Gasteiger partial charge in [-0.2, -0.15) is 10.3 Å². The van der Waals surface area contributed by atoms with Crippen LogP contribution >= 0.6 is 0 Å². The maximum absolute atomic E-state index is 13.4. The second-order valence-corrected chi connectivity index (χ2v) is 7.25. The van der Waals surface area contributed by atoms with Crippen molar-refractivity contribution in [1.82, 2.24) is 15.3 Å². The van der Waals surface area contributed by atoms with Gasteiger partial charge in [-0.15, -0.1) is 0 Å². The van der Waals surface area contributed by atoms with E-state index in [-0.39, 0.29) is 0 Å². The molecule has 0 spiro atoms. The number of rotatable bonds is 6. The van der Waals surface area contributed by atoms with Gasteiger partial charge in [0.1, 0.15) is 5.54 Å². The van der Waals surface area contributed by atoms with Gasteiger partial charge >= 0.3 is 12.0 Å². The van der Waals surface area contributed by atoms with E-state index in [4.69, 9.17) is 5.26 Å². The molecule has 2 aromatic rings. The minimum atomic E-state index is -1.50. The lowest BCUT2D eigenvalue weighted by molar-refractivity contribution is -0.162. The Morgan fingerprint density at radius 2 is 1.77 bits per heavy atom. The molecule has 1 heterocycles. The summed E-state index contributed by atoms with van der Waals surface area (Å²) in [5, 5.41) is 22.5. The van der Waals surface area contributed by atoms with Gasteiger partial charge in [0.15, 0.2) is 0 Å². The summed E-state index contributed by atoms with van der Waals surface area (Å²) in [6.45, 7) is 2.65. The van der Waals surface area contributed by atoms with Crippen molar-refractivity contribution in [1.29, 1.82) is 5.26 Å². The molecule has 1 aliphatic rings. The van der Waals surface area contributed by atoms with Crippen molar-refractivity contribution in [3.8, 4) is 6.07 Å². The number of hydrogen-bond donors (Lipinski definition) is 2. The zero-order valence-electron chi connectivity index (χ0n) is 16.9. The van der Waals surface area contributed by atoms with E-state index in [1.165, 1.54) is 19.1 Å². The molecule has 0 saturated carbocycles. The first kappa shape index (κ1) is 21.5. The van der Waals surface area contributed by atoms with E-state index in [1.807, 2.05) is 6.07 Å². The minimum Gasteiger partial charge on any atom is -0.481 e. The highest BCUT2D eigenvalue weighted by Gasteiger charge is 2.53. The van der Waals surface area contributed by atoms with Crippen LogP contribution in [0.2, 0.25) is 0 Å². The molecule has 4 amide bonds. The lowest BCUT2D eigenvalue weighted by Crippen LogP contribution is -2.52. The third kappa shape index (κ3) is 3.96. The number of carbonyl (C=O) groups is 4. The summed E-state index contributed by atoms with van der Waals surface area (Å²) in [4.78, 5) is 50.4. The van der Waals surface area contributed by atoms with Crippen LogP contribution in [-0.2, 0) is 19.9 Å². The zero-order valence-corrected chi connectivity index (χ0v) is 16.9. The Morgan fingerprint density at radius 1 is 1.16 bits per heavy atom. The predicted octanol–water partition coefficient (Wildman–Crippen LogP) is 2.30. The number of carboxylic acid groups (broad SMARTS) is 1. The summed E-state index contributed by atoms with van der Waals surface area (Å²) >= 11 is 0. The van der Waals surface area contributed by atoms with E-state index < -0.39 is 41.8 Å². The highest BCUT2D eigenvalue weighted by molar-refractivity contribution is 6.08. The predicted molar refractivity (Wildman–Crippen MR) is 108 cm³/mol. The molecule has 9 nitrogen and oxygen atoms in total. The maximum atomic E-state index is 13.4. The second kappa shape index (κ2) is 8.28. The summed E-state index contributed by atoms with van der Waals surface area (Å²) in [6, 6.07) is 14.5. The van der Waals surface area contributed by atoms with Crippen LogP contribution in [0.4, 0.5) is 4.79 Å². The molecular formula is C22H20N4O5. The molecule has 2 aromatic carbocycles. The van der Waals surface area contributed by atoms with Crippen LogP contribution in [0.25, 0.3) is 0 Å². The number of amides is 4. The SMILES string of the molecule is CC(=O)N([C@@H](CC(=O)O)c1ccccc1)N1C(=O)N[C@@](C)(c2ccc(C#N)cc2)C1=O. The van der Waals surface area contributed by atoms with Crippen LogP contribution < -0.4 is 5.32 Å². The van der Waals surface area contributed by atoms with Gasteiger partial charge in [-0.1, -0.05) is 42.5 Å². The Balaban J connectivity index is 2.05. The Hall–Kier alpha value is -4.19. The maximum Gasteiger partial charge on any atom is 0.344 e. The van der Waals surface area contributed by atoms with Crippen molar-refractivity contribution in [2.45, 2.75) is 31.8 Å². The van der Waals surface area contributed by atoms with Gasteiger partial charge < -0.3 is 10.4 Å². The average Bonchev–Trinajstić information content (AvgIpc) is 2.97. The van der Waals surface area contributed by atoms with Crippen LogP contribution in [0.5, 0.6) is 0 Å². The average molecular weight is 420 g/mol. The van der Waals surface area contributed by atoms with Crippen molar-refractivity contribution in [3.63, 3.8) is 0 Å². The summed E-state index contributed by atoms with van der Waals surface area (Å²) in [5.41, 5.74) is -0.224. The topological polar surface area (TPSA) is 131 Å². The molecule has 0 unspecified atom stereocenters. The zero-order chi connectivity index (χ0) is 22.8. The van der Waals surface area contributed by atoms with Crippen molar-refractivity contribution >= 4 is 23.8 Å². The Bertz CT molecular complexity index is 1080. The van der Waals surface area contributed by atoms with E-state index in [9.17, 15) is 24.3 Å². The quantitative estimate of drug-likeness (QED) is 0.690. The Kier molecular flexibility index (Phi) is 5.75. The van der Waals surface area contributed by atoms with Gasteiger partial charge in [0.2, 0.25) is 5.91 Å². The van der Waals surface area contributed by atoms with Gasteiger partial charge in [-0.25, -0.2) is 9.80 Å². The van der Waals surface area contributed by atoms with E-state index in [0.717, 1.165) is 11.9 Å². The molecule has 2 atom stereocenters. The van der Waals surface area contributed by atoms with Crippen LogP contribution in [0, 0.1) is 11.3 Å². The first-order chi connectivity index (χ1) is 14.7. The fourth-order valence-corrected chi connectivity index (χ4v) is 3.58. The van der Waals surface area contributed by atoms with E-state index >= 15 is 0 Å². The second-order valence-electron chi connectivity index (χ2n) is 7.25. The van der Waals surface area contributed by atoms with E-state index in [1.54, 1.807) is 42.5 Å². The molecule has 158 valence electrons. The number of nitrogens with one attached hydrogen (secondary N) is 1. The standard InChI is InChI=1S/C22H20N4O5/c1-14(27)25(18(12-19(28)29)16-6-4-3-5-7-16)26-20(30)22(2,24-21(26)31)17-10-8-15(13-23)9-11-17/h3-11,18H,12H2,1-2H3,(H,24,31)(H,28,29)/t18-,22-/m0/s1. The minimum absolute atomic E-state index is 0.386. The van der Waals surface area contributed by atoms with Crippen LogP contribution in [-0.4, -0.2) is 38.9 Å². The fraction of sp³-hybridized carbons (Fsp3) is 0.227. The highest BCUT2D eigenvalue weighted by atomic mass is 16.4. The molecule has 1 fully saturated rings. The molecule has 0 aromatic heterocycles. The van der Waals surface area contributed by atoms with Gasteiger partial charge in [0.05, 0.1) is 24.1 Å². The van der Waals surface area contributed by atoms with Gasteiger partial charge in [0, 0.05) is 6.92 Å². The third-order valence-corrected chi connectivity index (χ3v) is 5.15. The third-order valence-electron chi connectivity index (χ3n) is 5.15. The number of urea groups is 1. The molecule has 1 aliphatic heterocycles. The number of nitriles is 1. The van der Waals surface area contributed by atoms with Gasteiger partial charge in [-0.3, -0.25) is 14.4 Å². The Morgan fingerprint density at radius 3 is 2.29 bits per heavy atom. The van der Waals surface area contributed by atoms with Crippen LogP contribution in [0.3, 0.4) is 0 Å². The molecule has 1 saturated heterocycles. The summed E-state index contributed by atoms with van der Waals surface area (Å²) in [7, 11) is 0. The van der Waals surface area contributed by atoms with E-state index in [0.29, 0.717) is 21.7 Å². The largest absolute Gasteiger partial charge is 0.481 e. The number of imide groups is 1. The molecule has 0 radical (unpaired) electrons. The van der Waals surface area contributed by atoms with Gasteiger partial charge in [-0.05, 0) is 30.2 Å². The number of hydrogen-bond acceptors (Lipinski definition) is 5. The van der Waals surface area contributed by atoms with Crippen LogP contribution in [0.1, 0.15) is 43.0 Å². The Labute approximate surface area is 178 Å². The molecule has 0 bridgehead atoms. The molecule has 9 heteroatoms. The molecule has 3 rings (SSSR count). The fourth-order valence-electron chi connectivity index (χ4n) is 3.58. The normalized spacial score (nSPS) is 18.8. The number of benzene rings is 2. The lowest BCUT2D eigenvalue weighted by atomic mass is 9.91. The number of aliphatic carboxylic acids is 1. The van der Waals surface area contributed by atoms with Crippen molar-refractivity contribution in [2.24, 2.45) is 0 Å². The first-order valence-electron chi connectivity index (χ1n) is 9.43. The van der Waals surface area contributed by atoms with Crippen molar-refractivity contribution in [2.75, 3.05) is 0 Å². The lowest BCUT2D eigenvalue weighted by Gasteiger charge is -2.35. The number of carboxylic acids is 1. The van der Waals surface area contributed by atoms with Crippen molar-refractivity contribution in [3.05, 3.63) is 71.3 Å². The first-order valence-corrected chi connectivity index (χ1v) is 9.43. The smallest absolute Gasteiger partial charge is 0.344 e. The van der Waals surface area contributed by atoms with Gasteiger partial charge in [0.25, 0.3) is 5.91 Å². The summed E-state index contributed by atoms with van der Waals surface area (Å²) < 4.78 is 0. The molecule has 0 aliphatic carbocycles. The highest BCUT2D eigenvalue weighted by Crippen LogP contribution is 2.34. The number of nitrogens with zero attached hydrogens (tertiary/aromatic N) is 3.